The first-order chi connectivity index (χ1) is 10.1. The molecule has 0 saturated carbocycles. The summed E-state index contributed by atoms with van der Waals surface area (Å²) in [6.45, 7) is 0.404. The molecule has 2 aromatic heterocycles. The highest BCUT2D eigenvalue weighted by Crippen LogP contribution is 2.26. The molecule has 0 atom stereocenters. The van der Waals surface area contributed by atoms with Crippen LogP contribution in [0.2, 0.25) is 0 Å². The molecule has 0 amide bonds. The van der Waals surface area contributed by atoms with Crippen molar-refractivity contribution in [2.24, 2.45) is 0 Å². The Morgan fingerprint density at radius 1 is 1.33 bits per heavy atom. The van der Waals surface area contributed by atoms with E-state index in [1.165, 1.54) is 12.4 Å². The average Bonchev–Trinajstić information content (AvgIpc) is 2.85. The number of imidazole rings is 1. The van der Waals surface area contributed by atoms with Gasteiger partial charge in [0.15, 0.2) is 11.5 Å². The van der Waals surface area contributed by atoms with Crippen LogP contribution in [0.5, 0.6) is 0 Å². The van der Waals surface area contributed by atoms with Crippen molar-refractivity contribution < 1.29 is 4.92 Å². The number of hydrogen-bond acceptors (Lipinski definition) is 6. The van der Waals surface area contributed by atoms with Crippen molar-refractivity contribution in [3.63, 3.8) is 0 Å². The summed E-state index contributed by atoms with van der Waals surface area (Å²) in [5.41, 5.74) is 7.62. The molecule has 21 heavy (non-hydrogen) atoms. The number of nitro groups is 1. The first kappa shape index (κ1) is 13.4. The lowest BCUT2D eigenvalue weighted by molar-refractivity contribution is -0.385. The summed E-state index contributed by atoms with van der Waals surface area (Å²) in [6, 6.07) is 4.96. The number of nitro benzene ring substituents is 1. The molecular weight excluding hydrogens is 340 g/mol. The van der Waals surface area contributed by atoms with E-state index in [4.69, 9.17) is 5.73 Å². The molecule has 0 saturated heterocycles. The Hall–Kier alpha value is -2.55. The van der Waals surface area contributed by atoms with Crippen molar-refractivity contribution in [3.05, 3.63) is 51.0 Å². The highest BCUT2D eigenvalue weighted by Gasteiger charge is 2.14. The number of fused-ring (bicyclic) bond motifs is 1. The van der Waals surface area contributed by atoms with E-state index in [2.05, 4.69) is 30.9 Å². The fourth-order valence-corrected chi connectivity index (χ4v) is 2.40. The van der Waals surface area contributed by atoms with Crippen LogP contribution in [0.25, 0.3) is 11.2 Å². The normalized spacial score (nSPS) is 10.9. The zero-order valence-electron chi connectivity index (χ0n) is 10.6. The second-order valence-electron chi connectivity index (χ2n) is 4.35. The number of halogens is 1. The Morgan fingerprint density at radius 2 is 2.14 bits per heavy atom. The van der Waals surface area contributed by atoms with Crippen LogP contribution >= 0.6 is 15.9 Å². The molecule has 9 heteroatoms. The van der Waals surface area contributed by atoms with Crippen molar-refractivity contribution in [2.75, 3.05) is 5.73 Å². The summed E-state index contributed by atoms with van der Waals surface area (Å²) in [7, 11) is 0. The smallest absolute Gasteiger partial charge is 0.283 e. The number of benzene rings is 1. The summed E-state index contributed by atoms with van der Waals surface area (Å²) < 4.78 is 2.21. The molecule has 8 nitrogen and oxygen atoms in total. The summed E-state index contributed by atoms with van der Waals surface area (Å²) >= 11 is 3.16. The van der Waals surface area contributed by atoms with Crippen molar-refractivity contribution in [1.82, 2.24) is 19.5 Å². The van der Waals surface area contributed by atoms with E-state index < -0.39 is 4.92 Å². The van der Waals surface area contributed by atoms with Gasteiger partial charge >= 0.3 is 0 Å². The van der Waals surface area contributed by atoms with Gasteiger partial charge in [-0.2, -0.15) is 0 Å². The summed E-state index contributed by atoms with van der Waals surface area (Å²) in [6.07, 6.45) is 2.95. The van der Waals surface area contributed by atoms with Gasteiger partial charge in [-0.25, -0.2) is 15.0 Å². The van der Waals surface area contributed by atoms with Gasteiger partial charge in [0.1, 0.15) is 11.8 Å². The van der Waals surface area contributed by atoms with Crippen LogP contribution in [0.1, 0.15) is 5.56 Å². The van der Waals surface area contributed by atoms with Crippen LogP contribution in [0, 0.1) is 10.1 Å². The van der Waals surface area contributed by atoms with Crippen LogP contribution < -0.4 is 5.73 Å². The van der Waals surface area contributed by atoms with Gasteiger partial charge in [0.05, 0.1) is 22.3 Å². The minimum atomic E-state index is -0.431. The Kier molecular flexibility index (Phi) is 3.26. The number of hydrogen-bond donors (Lipinski definition) is 1. The second-order valence-corrected chi connectivity index (χ2v) is 5.20. The minimum absolute atomic E-state index is 0.0195. The quantitative estimate of drug-likeness (QED) is 0.572. The Labute approximate surface area is 126 Å². The van der Waals surface area contributed by atoms with E-state index in [1.54, 1.807) is 23.0 Å². The molecular formula is C12H9BrN6O2. The van der Waals surface area contributed by atoms with E-state index in [9.17, 15) is 10.1 Å². The number of nitrogen functional groups attached to an aromatic ring is 1. The topological polar surface area (TPSA) is 113 Å². The highest BCUT2D eigenvalue weighted by atomic mass is 79.9. The van der Waals surface area contributed by atoms with Crippen molar-refractivity contribution in [2.45, 2.75) is 6.54 Å². The fourth-order valence-electron chi connectivity index (χ4n) is 2.01. The number of rotatable bonds is 3. The lowest BCUT2D eigenvalue weighted by Gasteiger charge is -2.05. The van der Waals surface area contributed by atoms with Gasteiger partial charge < -0.3 is 10.3 Å². The molecule has 0 radical (unpaired) electrons. The van der Waals surface area contributed by atoms with E-state index in [0.29, 0.717) is 28.0 Å². The van der Waals surface area contributed by atoms with E-state index in [0.717, 1.165) is 5.56 Å². The number of nitrogens with zero attached hydrogens (tertiary/aromatic N) is 5. The van der Waals surface area contributed by atoms with E-state index in [-0.39, 0.29) is 5.69 Å². The molecule has 0 bridgehead atoms. The standard InChI is InChI=1S/C12H9BrN6O2/c13-8-2-1-7(3-9(8)19(20)21)4-18-6-17-10-11(14)15-5-16-12(10)18/h1-3,5-6H,4H2,(H2,14,15,16). The molecule has 0 unspecified atom stereocenters. The molecule has 0 spiro atoms. The molecule has 1 aromatic carbocycles. The van der Waals surface area contributed by atoms with Crippen molar-refractivity contribution >= 4 is 38.6 Å². The van der Waals surface area contributed by atoms with Gasteiger partial charge in [0.25, 0.3) is 5.69 Å². The van der Waals surface area contributed by atoms with E-state index in [1.807, 2.05) is 0 Å². The molecule has 0 aliphatic heterocycles. The third-order valence-electron chi connectivity index (χ3n) is 2.99. The Bertz CT molecular complexity index is 847. The molecule has 3 rings (SSSR count). The van der Waals surface area contributed by atoms with Crippen LogP contribution in [-0.4, -0.2) is 24.4 Å². The summed E-state index contributed by atoms with van der Waals surface area (Å²) in [5, 5.41) is 11.0. The molecule has 0 aliphatic carbocycles. The number of aromatic nitrogens is 4. The van der Waals surface area contributed by atoms with Gasteiger partial charge in [-0.3, -0.25) is 10.1 Å². The van der Waals surface area contributed by atoms with Gasteiger partial charge in [-0.15, -0.1) is 0 Å². The first-order valence-electron chi connectivity index (χ1n) is 5.90. The minimum Gasteiger partial charge on any atom is -0.382 e. The molecule has 106 valence electrons. The largest absolute Gasteiger partial charge is 0.382 e. The van der Waals surface area contributed by atoms with Gasteiger partial charge in [0, 0.05) is 6.07 Å². The number of nitrogens with two attached hydrogens (primary N) is 1. The van der Waals surface area contributed by atoms with Crippen LogP contribution in [0.15, 0.2) is 35.3 Å². The summed E-state index contributed by atoms with van der Waals surface area (Å²) in [4.78, 5) is 22.7. The highest BCUT2D eigenvalue weighted by molar-refractivity contribution is 9.10. The van der Waals surface area contributed by atoms with Crippen LogP contribution in [-0.2, 0) is 6.54 Å². The third-order valence-corrected chi connectivity index (χ3v) is 3.66. The molecule has 0 aliphatic rings. The zero-order valence-corrected chi connectivity index (χ0v) is 12.2. The predicted octanol–water partition coefficient (Wildman–Crippen LogP) is 2.13. The lowest BCUT2D eigenvalue weighted by atomic mass is 10.2. The summed E-state index contributed by atoms with van der Waals surface area (Å²) in [5.74, 6) is 0.306. The fraction of sp³-hybridized carbons (Fsp3) is 0.0833. The molecule has 2 heterocycles. The maximum absolute atomic E-state index is 11.0. The van der Waals surface area contributed by atoms with Gasteiger partial charge in [0.2, 0.25) is 0 Å². The SMILES string of the molecule is Nc1ncnc2c1ncn2Cc1ccc(Br)c([N+](=O)[O-])c1. The predicted molar refractivity (Wildman–Crippen MR) is 79.6 cm³/mol. The molecule has 0 fully saturated rings. The second kappa shape index (κ2) is 5.09. The third kappa shape index (κ3) is 2.42. The number of anilines is 1. The van der Waals surface area contributed by atoms with Crippen molar-refractivity contribution in [3.8, 4) is 0 Å². The molecule has 2 N–H and O–H groups in total. The monoisotopic (exact) mass is 348 g/mol. The maximum Gasteiger partial charge on any atom is 0.283 e. The van der Waals surface area contributed by atoms with Crippen LogP contribution in [0.4, 0.5) is 11.5 Å². The first-order valence-corrected chi connectivity index (χ1v) is 6.69. The van der Waals surface area contributed by atoms with Crippen molar-refractivity contribution in [1.29, 1.82) is 0 Å². The molecule has 3 aromatic rings. The Morgan fingerprint density at radius 3 is 2.90 bits per heavy atom. The Balaban J connectivity index is 2.01. The maximum atomic E-state index is 11.0. The average molecular weight is 349 g/mol. The van der Waals surface area contributed by atoms with Crippen LogP contribution in [0.3, 0.4) is 0 Å². The van der Waals surface area contributed by atoms with Gasteiger partial charge in [-0.05, 0) is 27.6 Å². The van der Waals surface area contributed by atoms with Gasteiger partial charge in [-0.1, -0.05) is 6.07 Å². The van der Waals surface area contributed by atoms with E-state index >= 15 is 0 Å². The lowest BCUT2D eigenvalue weighted by Crippen LogP contribution is -2.01. The zero-order chi connectivity index (χ0) is 15.0.